The molecule has 1 aromatic heterocycles. The van der Waals surface area contributed by atoms with Crippen LogP contribution in [-0.2, 0) is 0 Å². The largest absolute Gasteiger partial charge is 0.356 e. The van der Waals surface area contributed by atoms with Gasteiger partial charge in [-0.1, -0.05) is 31.2 Å². The Hall–Kier alpha value is -1.94. The molecule has 0 unspecified atom stereocenters. The molecule has 20 heavy (non-hydrogen) atoms. The highest BCUT2D eigenvalue weighted by molar-refractivity contribution is 7.80. The van der Waals surface area contributed by atoms with Crippen molar-refractivity contribution in [2.75, 3.05) is 5.32 Å². The van der Waals surface area contributed by atoms with Crippen molar-refractivity contribution in [2.45, 2.75) is 26.3 Å². The molecule has 0 saturated carbocycles. The van der Waals surface area contributed by atoms with E-state index in [0.717, 1.165) is 12.1 Å². The summed E-state index contributed by atoms with van der Waals surface area (Å²) < 4.78 is 0. The molecule has 0 fully saturated rings. The first-order valence-corrected chi connectivity index (χ1v) is 7.14. The fourth-order valence-corrected chi connectivity index (χ4v) is 2.40. The maximum atomic E-state index is 5.37. The van der Waals surface area contributed by atoms with Gasteiger partial charge in [-0.3, -0.25) is 4.98 Å². The third-order valence-corrected chi connectivity index (χ3v) is 3.42. The lowest BCUT2D eigenvalue weighted by atomic mass is 10.00. The van der Waals surface area contributed by atoms with Crippen LogP contribution in [0.15, 0.2) is 48.8 Å². The van der Waals surface area contributed by atoms with Gasteiger partial charge >= 0.3 is 0 Å². The Morgan fingerprint density at radius 3 is 2.70 bits per heavy atom. The molecule has 1 heterocycles. The van der Waals surface area contributed by atoms with Crippen molar-refractivity contribution >= 4 is 23.0 Å². The van der Waals surface area contributed by atoms with Crippen LogP contribution in [0.2, 0.25) is 0 Å². The zero-order valence-electron chi connectivity index (χ0n) is 11.8. The van der Waals surface area contributed by atoms with E-state index in [0.29, 0.717) is 5.11 Å². The lowest BCUT2D eigenvalue weighted by Crippen LogP contribution is -2.32. The second-order valence-corrected chi connectivity index (χ2v) is 5.07. The Labute approximate surface area is 125 Å². The maximum Gasteiger partial charge on any atom is 0.171 e. The first-order valence-electron chi connectivity index (χ1n) is 6.73. The van der Waals surface area contributed by atoms with Gasteiger partial charge in [-0.25, -0.2) is 0 Å². The number of nitrogens with zero attached hydrogens (tertiary/aromatic N) is 1. The number of thiocarbonyl (C=S) groups is 1. The minimum Gasteiger partial charge on any atom is -0.356 e. The van der Waals surface area contributed by atoms with Crippen LogP contribution in [0.5, 0.6) is 0 Å². The van der Waals surface area contributed by atoms with Gasteiger partial charge in [-0.05, 0) is 48.8 Å². The normalized spacial score (nSPS) is 11.7. The van der Waals surface area contributed by atoms with Gasteiger partial charge in [-0.15, -0.1) is 0 Å². The Balaban J connectivity index is 2.04. The molecule has 0 aliphatic rings. The summed E-state index contributed by atoms with van der Waals surface area (Å²) >= 11 is 5.37. The number of aryl methyl sites for hydroxylation is 1. The van der Waals surface area contributed by atoms with E-state index in [1.54, 1.807) is 12.4 Å². The average molecular weight is 285 g/mol. The molecule has 0 radical (unpaired) electrons. The smallest absolute Gasteiger partial charge is 0.171 e. The summed E-state index contributed by atoms with van der Waals surface area (Å²) in [4.78, 5) is 4.06. The molecule has 2 rings (SSSR count). The molecular formula is C16H19N3S. The van der Waals surface area contributed by atoms with Gasteiger partial charge in [0.15, 0.2) is 5.11 Å². The van der Waals surface area contributed by atoms with Gasteiger partial charge in [0, 0.05) is 6.20 Å². The summed E-state index contributed by atoms with van der Waals surface area (Å²) in [6.45, 7) is 4.27. The quantitative estimate of drug-likeness (QED) is 0.837. The highest BCUT2D eigenvalue weighted by atomic mass is 32.1. The number of hydrogen-bond acceptors (Lipinski definition) is 2. The number of nitrogens with one attached hydrogen (secondary N) is 2. The Bertz CT molecular complexity index is 569. The molecule has 104 valence electrons. The number of hydrogen-bond donors (Lipinski definition) is 2. The fraction of sp³-hybridized carbons (Fsp3) is 0.250. The summed E-state index contributed by atoms with van der Waals surface area (Å²) in [5.41, 5.74) is 3.45. The summed E-state index contributed by atoms with van der Waals surface area (Å²) in [5, 5.41) is 7.14. The van der Waals surface area contributed by atoms with E-state index in [-0.39, 0.29) is 6.04 Å². The van der Waals surface area contributed by atoms with E-state index in [4.69, 9.17) is 12.2 Å². The van der Waals surface area contributed by atoms with Crippen molar-refractivity contribution < 1.29 is 0 Å². The maximum absolute atomic E-state index is 5.37. The van der Waals surface area contributed by atoms with Gasteiger partial charge in [0.1, 0.15) is 0 Å². The zero-order chi connectivity index (χ0) is 14.4. The van der Waals surface area contributed by atoms with Crippen molar-refractivity contribution in [3.05, 3.63) is 59.9 Å². The minimum absolute atomic E-state index is 0.216. The van der Waals surface area contributed by atoms with Crippen LogP contribution in [0, 0.1) is 6.92 Å². The van der Waals surface area contributed by atoms with Crippen LogP contribution in [0.4, 0.5) is 5.69 Å². The number of pyridine rings is 1. The molecule has 0 aliphatic carbocycles. The number of rotatable bonds is 4. The second kappa shape index (κ2) is 7.01. The molecule has 3 nitrogen and oxygen atoms in total. The van der Waals surface area contributed by atoms with Crippen molar-refractivity contribution in [3.8, 4) is 0 Å². The van der Waals surface area contributed by atoms with E-state index in [9.17, 15) is 0 Å². The topological polar surface area (TPSA) is 37.0 Å². The molecule has 0 spiro atoms. The van der Waals surface area contributed by atoms with Crippen LogP contribution in [0.3, 0.4) is 0 Å². The van der Waals surface area contributed by atoms with E-state index in [2.05, 4.69) is 53.7 Å². The summed E-state index contributed by atoms with van der Waals surface area (Å²) in [7, 11) is 0. The third kappa shape index (κ3) is 3.78. The van der Waals surface area contributed by atoms with Gasteiger partial charge in [0.2, 0.25) is 0 Å². The van der Waals surface area contributed by atoms with Crippen molar-refractivity contribution in [3.63, 3.8) is 0 Å². The number of anilines is 1. The van der Waals surface area contributed by atoms with Crippen molar-refractivity contribution in [2.24, 2.45) is 0 Å². The zero-order valence-corrected chi connectivity index (χ0v) is 12.6. The van der Waals surface area contributed by atoms with E-state index >= 15 is 0 Å². The predicted octanol–water partition coefficient (Wildman–Crippen LogP) is 3.83. The predicted molar refractivity (Wildman–Crippen MR) is 87.8 cm³/mol. The molecule has 0 saturated heterocycles. The van der Waals surface area contributed by atoms with Gasteiger partial charge in [-0.2, -0.15) is 0 Å². The van der Waals surface area contributed by atoms with Crippen LogP contribution < -0.4 is 10.6 Å². The molecule has 2 aromatic rings. The van der Waals surface area contributed by atoms with Crippen molar-refractivity contribution in [1.29, 1.82) is 0 Å². The molecule has 0 aliphatic heterocycles. The average Bonchev–Trinajstić information content (AvgIpc) is 2.46. The fourth-order valence-electron chi connectivity index (χ4n) is 2.14. The molecule has 1 aromatic carbocycles. The Morgan fingerprint density at radius 2 is 2.05 bits per heavy atom. The second-order valence-electron chi connectivity index (χ2n) is 4.66. The highest BCUT2D eigenvalue weighted by Crippen LogP contribution is 2.20. The molecule has 2 N–H and O–H groups in total. The SMILES string of the molecule is CC[C@H](NC(=S)Nc1cccnc1)c1ccccc1C. The molecular weight excluding hydrogens is 266 g/mol. The summed E-state index contributed by atoms with van der Waals surface area (Å²) in [6.07, 6.45) is 4.46. The van der Waals surface area contributed by atoms with E-state index in [1.165, 1.54) is 11.1 Å². The van der Waals surface area contributed by atoms with Crippen LogP contribution in [0.1, 0.15) is 30.5 Å². The van der Waals surface area contributed by atoms with Gasteiger partial charge < -0.3 is 10.6 Å². The molecule has 0 bridgehead atoms. The van der Waals surface area contributed by atoms with Gasteiger partial charge in [0.05, 0.1) is 17.9 Å². The number of aromatic nitrogens is 1. The van der Waals surface area contributed by atoms with E-state index in [1.807, 2.05) is 12.1 Å². The summed E-state index contributed by atoms with van der Waals surface area (Å²) in [5.74, 6) is 0. The highest BCUT2D eigenvalue weighted by Gasteiger charge is 2.12. The third-order valence-electron chi connectivity index (χ3n) is 3.20. The van der Waals surface area contributed by atoms with Crippen molar-refractivity contribution in [1.82, 2.24) is 10.3 Å². The Morgan fingerprint density at radius 1 is 1.25 bits per heavy atom. The Kier molecular flexibility index (Phi) is 5.07. The lowest BCUT2D eigenvalue weighted by Gasteiger charge is -2.21. The monoisotopic (exact) mass is 285 g/mol. The standard InChI is InChI=1S/C16H19N3S/c1-3-15(14-9-5-4-7-12(14)2)19-16(20)18-13-8-6-10-17-11-13/h4-11,15H,3H2,1-2H3,(H2,18,19,20)/t15-/m0/s1. The van der Waals surface area contributed by atoms with Crippen LogP contribution in [0.25, 0.3) is 0 Å². The van der Waals surface area contributed by atoms with Crippen LogP contribution in [-0.4, -0.2) is 10.1 Å². The lowest BCUT2D eigenvalue weighted by molar-refractivity contribution is 0.625. The molecule has 1 atom stereocenters. The first-order chi connectivity index (χ1) is 9.70. The molecule has 4 heteroatoms. The number of benzene rings is 1. The molecule has 0 amide bonds. The van der Waals surface area contributed by atoms with E-state index < -0.39 is 0 Å². The van der Waals surface area contributed by atoms with Crippen LogP contribution >= 0.6 is 12.2 Å². The minimum atomic E-state index is 0.216. The first kappa shape index (κ1) is 14.5. The summed E-state index contributed by atoms with van der Waals surface area (Å²) in [6, 6.07) is 12.4. The van der Waals surface area contributed by atoms with Gasteiger partial charge in [0.25, 0.3) is 0 Å².